The second-order valence-electron chi connectivity index (χ2n) is 6.54. The Morgan fingerprint density at radius 1 is 1.30 bits per heavy atom. The van der Waals surface area contributed by atoms with E-state index in [1.54, 1.807) is 7.11 Å². The van der Waals surface area contributed by atoms with E-state index in [2.05, 4.69) is 12.2 Å². The maximum absolute atomic E-state index is 12.9. The highest BCUT2D eigenvalue weighted by Crippen LogP contribution is 2.37. The van der Waals surface area contributed by atoms with Gasteiger partial charge in [-0.2, -0.15) is 0 Å². The van der Waals surface area contributed by atoms with Gasteiger partial charge in [-0.3, -0.25) is 4.79 Å². The molecule has 2 atom stereocenters. The average molecular weight is 339 g/mol. The second kappa shape index (κ2) is 8.02. The minimum Gasteiger partial charge on any atom is -0.497 e. The van der Waals surface area contributed by atoms with Gasteiger partial charge in [0.25, 0.3) is 0 Å². The predicted octanol–water partition coefficient (Wildman–Crippen LogP) is 3.39. The summed E-state index contributed by atoms with van der Waals surface area (Å²) in [6, 6.07) is 8.49. The van der Waals surface area contributed by atoms with Gasteiger partial charge in [-0.25, -0.2) is 0 Å². The number of hydrogen-bond acceptors (Lipinski definition) is 3. The van der Waals surface area contributed by atoms with E-state index in [1.807, 2.05) is 29.2 Å². The summed E-state index contributed by atoms with van der Waals surface area (Å²) >= 11 is 0. The van der Waals surface area contributed by atoms with E-state index in [-0.39, 0.29) is 24.4 Å². The van der Waals surface area contributed by atoms with Crippen molar-refractivity contribution in [1.29, 1.82) is 0 Å². The van der Waals surface area contributed by atoms with Crippen LogP contribution in [0.2, 0.25) is 0 Å². The number of nitrogens with zero attached hydrogens (tertiary/aromatic N) is 1. The van der Waals surface area contributed by atoms with Crippen LogP contribution in [-0.4, -0.2) is 31.6 Å². The van der Waals surface area contributed by atoms with E-state index in [4.69, 9.17) is 4.74 Å². The molecule has 1 saturated carbocycles. The number of ether oxygens (including phenoxy) is 1. The third-order valence-corrected chi connectivity index (χ3v) is 4.91. The standard InChI is InChI=1S/C18H26N2O2.ClH/c1-13(14-5-6-14)20(16-7-9-17(22-2)10-8-16)18(21)12-15-4-3-11-19-15;/h7-10,13-15,19H,3-6,11-12H2,1-2H3;1H. The first-order valence-electron chi connectivity index (χ1n) is 8.38. The maximum atomic E-state index is 12.9. The van der Waals surface area contributed by atoms with Crippen LogP contribution in [0.1, 0.15) is 39.0 Å². The fourth-order valence-electron chi connectivity index (χ4n) is 3.38. The average Bonchev–Trinajstić information content (AvgIpc) is 3.27. The van der Waals surface area contributed by atoms with E-state index in [9.17, 15) is 4.79 Å². The van der Waals surface area contributed by atoms with Crippen LogP contribution in [0.15, 0.2) is 24.3 Å². The van der Waals surface area contributed by atoms with Gasteiger partial charge in [0.15, 0.2) is 0 Å². The van der Waals surface area contributed by atoms with Crippen LogP contribution in [0.5, 0.6) is 5.75 Å². The predicted molar refractivity (Wildman–Crippen MR) is 95.6 cm³/mol. The quantitative estimate of drug-likeness (QED) is 0.864. The molecule has 0 spiro atoms. The summed E-state index contributed by atoms with van der Waals surface area (Å²) in [6.45, 7) is 3.22. The number of amides is 1. The van der Waals surface area contributed by atoms with E-state index in [0.29, 0.717) is 18.4 Å². The Balaban J connectivity index is 0.00000192. The maximum Gasteiger partial charge on any atom is 0.228 e. The zero-order valence-electron chi connectivity index (χ0n) is 14.0. The highest BCUT2D eigenvalue weighted by atomic mass is 35.5. The Morgan fingerprint density at radius 3 is 2.52 bits per heavy atom. The number of halogens is 1. The van der Waals surface area contributed by atoms with E-state index in [1.165, 1.54) is 19.3 Å². The summed E-state index contributed by atoms with van der Waals surface area (Å²) in [7, 11) is 1.66. The number of benzene rings is 1. The lowest BCUT2D eigenvalue weighted by molar-refractivity contribution is -0.119. The van der Waals surface area contributed by atoms with Crippen molar-refractivity contribution in [3.63, 3.8) is 0 Å². The molecule has 1 aliphatic carbocycles. The second-order valence-corrected chi connectivity index (χ2v) is 6.54. The molecule has 1 heterocycles. The summed E-state index contributed by atoms with van der Waals surface area (Å²) in [5.41, 5.74) is 0.989. The van der Waals surface area contributed by atoms with Gasteiger partial charge in [-0.15, -0.1) is 12.4 Å². The smallest absolute Gasteiger partial charge is 0.228 e. The van der Waals surface area contributed by atoms with Gasteiger partial charge < -0.3 is 15.0 Å². The molecular formula is C18H27ClN2O2. The molecule has 0 bridgehead atoms. The summed E-state index contributed by atoms with van der Waals surface area (Å²) in [6.07, 6.45) is 5.37. The molecule has 1 aromatic rings. The first-order valence-corrected chi connectivity index (χ1v) is 8.38. The third kappa shape index (κ3) is 4.39. The minimum atomic E-state index is 0. The lowest BCUT2D eigenvalue weighted by Crippen LogP contribution is -2.42. The highest BCUT2D eigenvalue weighted by Gasteiger charge is 2.35. The number of carbonyl (C=O) groups excluding carboxylic acids is 1. The largest absolute Gasteiger partial charge is 0.497 e. The molecule has 2 aliphatic rings. The number of rotatable bonds is 6. The van der Waals surface area contributed by atoms with Crippen LogP contribution in [0.3, 0.4) is 0 Å². The monoisotopic (exact) mass is 338 g/mol. The molecule has 1 saturated heterocycles. The molecule has 0 radical (unpaired) electrons. The summed E-state index contributed by atoms with van der Waals surface area (Å²) in [4.78, 5) is 14.9. The summed E-state index contributed by atoms with van der Waals surface area (Å²) in [5.74, 6) is 1.72. The van der Waals surface area contributed by atoms with Crippen LogP contribution < -0.4 is 15.0 Å². The van der Waals surface area contributed by atoms with Crippen LogP contribution in [0.25, 0.3) is 0 Å². The number of hydrogen-bond donors (Lipinski definition) is 1. The van der Waals surface area contributed by atoms with Gasteiger partial charge in [0.05, 0.1) is 7.11 Å². The van der Waals surface area contributed by atoms with Crippen molar-refractivity contribution in [3.8, 4) is 5.75 Å². The van der Waals surface area contributed by atoms with Crippen molar-refractivity contribution >= 4 is 24.0 Å². The Bertz CT molecular complexity index is 510. The zero-order valence-corrected chi connectivity index (χ0v) is 14.8. The topological polar surface area (TPSA) is 41.6 Å². The fourth-order valence-corrected chi connectivity index (χ4v) is 3.38. The zero-order chi connectivity index (χ0) is 15.5. The van der Waals surface area contributed by atoms with Crippen LogP contribution in [-0.2, 0) is 4.79 Å². The van der Waals surface area contributed by atoms with Crippen LogP contribution in [0, 0.1) is 5.92 Å². The number of nitrogens with one attached hydrogen (secondary N) is 1. The first kappa shape index (κ1) is 18.1. The van der Waals surface area contributed by atoms with Crippen molar-refractivity contribution in [1.82, 2.24) is 5.32 Å². The van der Waals surface area contributed by atoms with E-state index in [0.717, 1.165) is 24.4 Å². The van der Waals surface area contributed by atoms with E-state index >= 15 is 0 Å². The first-order chi connectivity index (χ1) is 10.7. The van der Waals surface area contributed by atoms with Gasteiger partial charge >= 0.3 is 0 Å². The summed E-state index contributed by atoms with van der Waals surface area (Å²) in [5, 5.41) is 3.43. The van der Waals surface area contributed by atoms with Gasteiger partial charge in [-0.1, -0.05) is 0 Å². The van der Waals surface area contributed by atoms with Gasteiger partial charge in [-0.05, 0) is 69.3 Å². The van der Waals surface area contributed by atoms with Crippen LogP contribution >= 0.6 is 12.4 Å². The molecule has 23 heavy (non-hydrogen) atoms. The van der Waals surface area contributed by atoms with Crippen molar-refractivity contribution in [2.24, 2.45) is 5.92 Å². The number of methoxy groups -OCH3 is 1. The third-order valence-electron chi connectivity index (χ3n) is 4.91. The van der Waals surface area contributed by atoms with Crippen LogP contribution in [0.4, 0.5) is 5.69 Å². The normalized spacial score (nSPS) is 21.4. The molecule has 128 valence electrons. The Labute approximate surface area is 145 Å². The lowest BCUT2D eigenvalue weighted by atomic mass is 10.1. The van der Waals surface area contributed by atoms with Crippen molar-refractivity contribution in [3.05, 3.63) is 24.3 Å². The minimum absolute atomic E-state index is 0. The number of anilines is 1. The highest BCUT2D eigenvalue weighted by molar-refractivity contribution is 5.94. The van der Waals surface area contributed by atoms with Gasteiger partial charge in [0.1, 0.15) is 5.75 Å². The molecule has 5 heteroatoms. The number of carbonyl (C=O) groups is 1. The fraction of sp³-hybridized carbons (Fsp3) is 0.611. The molecule has 1 amide bonds. The van der Waals surface area contributed by atoms with Crippen molar-refractivity contribution in [2.45, 2.75) is 51.1 Å². The van der Waals surface area contributed by atoms with Gasteiger partial charge in [0.2, 0.25) is 5.91 Å². The van der Waals surface area contributed by atoms with Crippen molar-refractivity contribution < 1.29 is 9.53 Å². The molecule has 3 rings (SSSR count). The van der Waals surface area contributed by atoms with Gasteiger partial charge in [0, 0.05) is 24.2 Å². The van der Waals surface area contributed by atoms with Crippen molar-refractivity contribution in [2.75, 3.05) is 18.6 Å². The molecule has 4 nitrogen and oxygen atoms in total. The molecule has 1 aromatic carbocycles. The molecule has 0 aromatic heterocycles. The summed E-state index contributed by atoms with van der Waals surface area (Å²) < 4.78 is 5.22. The Kier molecular flexibility index (Phi) is 6.31. The van der Waals surface area contributed by atoms with E-state index < -0.39 is 0 Å². The molecule has 1 N–H and O–H groups in total. The lowest BCUT2D eigenvalue weighted by Gasteiger charge is -2.30. The molecular weight excluding hydrogens is 312 g/mol. The molecule has 2 fully saturated rings. The molecule has 2 unspecified atom stereocenters. The SMILES string of the molecule is COc1ccc(N(C(=O)CC2CCCN2)C(C)C2CC2)cc1.Cl. The molecule has 1 aliphatic heterocycles. The Hall–Kier alpha value is -1.26. The Morgan fingerprint density at radius 2 is 2.00 bits per heavy atom.